The summed E-state index contributed by atoms with van der Waals surface area (Å²) in [7, 11) is 0. The minimum Gasteiger partial charge on any atom is -0.390 e. The van der Waals surface area contributed by atoms with E-state index < -0.39 is 12.2 Å². The Morgan fingerprint density at radius 1 is 1.00 bits per heavy atom. The molecule has 0 rings (SSSR count). The summed E-state index contributed by atoms with van der Waals surface area (Å²) in [4.78, 5) is 0. The van der Waals surface area contributed by atoms with Crippen LogP contribution in [0.2, 0.25) is 0 Å². The van der Waals surface area contributed by atoms with Gasteiger partial charge >= 0.3 is 0 Å². The first kappa shape index (κ1) is 15.7. The predicted molar refractivity (Wildman–Crippen MR) is 72.4 cm³/mol. The monoisotopic (exact) mass is 234 g/mol. The normalized spacial score (nSPS) is 15.6. The first-order valence-corrected chi connectivity index (χ1v) is 5.99. The molecule has 2 unspecified atom stereocenters. The average molecular weight is 234 g/mol. The number of rotatable bonds is 8. The fourth-order valence-electron chi connectivity index (χ4n) is 1.26. The molecule has 2 N–H and O–H groups in total. The van der Waals surface area contributed by atoms with Gasteiger partial charge in [-0.2, -0.15) is 0 Å². The van der Waals surface area contributed by atoms with E-state index in [2.05, 4.69) is 25.0 Å². The van der Waals surface area contributed by atoms with Gasteiger partial charge in [-0.05, 0) is 31.8 Å². The van der Waals surface area contributed by atoms with Gasteiger partial charge in [0.15, 0.2) is 0 Å². The summed E-state index contributed by atoms with van der Waals surface area (Å²) >= 11 is 0. The highest BCUT2D eigenvalue weighted by Gasteiger charge is 2.12. The SMILES string of the molecule is C#C/C=C\CC(O)C(O)C/C=C\C/C=C/CC. The number of aliphatic hydroxyl groups is 2. The van der Waals surface area contributed by atoms with Gasteiger partial charge < -0.3 is 10.2 Å². The van der Waals surface area contributed by atoms with E-state index in [4.69, 9.17) is 6.42 Å². The van der Waals surface area contributed by atoms with Crippen LogP contribution in [0.15, 0.2) is 36.5 Å². The Hall–Kier alpha value is -1.30. The summed E-state index contributed by atoms with van der Waals surface area (Å²) < 4.78 is 0. The molecular formula is C15H22O2. The molecule has 17 heavy (non-hydrogen) atoms. The number of terminal acetylenes is 1. The van der Waals surface area contributed by atoms with Crippen LogP contribution in [0, 0.1) is 12.3 Å². The Kier molecular flexibility index (Phi) is 10.3. The van der Waals surface area contributed by atoms with Crippen LogP contribution in [0.1, 0.15) is 32.6 Å². The molecule has 0 aromatic rings. The molecule has 0 radical (unpaired) electrons. The van der Waals surface area contributed by atoms with Gasteiger partial charge in [0.1, 0.15) is 0 Å². The third-order valence-electron chi connectivity index (χ3n) is 2.25. The van der Waals surface area contributed by atoms with Crippen molar-refractivity contribution in [3.05, 3.63) is 36.5 Å². The molecule has 0 fully saturated rings. The highest BCUT2D eigenvalue weighted by atomic mass is 16.3. The third kappa shape index (κ3) is 9.62. The highest BCUT2D eigenvalue weighted by molar-refractivity contribution is 5.09. The van der Waals surface area contributed by atoms with Gasteiger partial charge in [0.05, 0.1) is 12.2 Å². The molecule has 0 saturated heterocycles. The summed E-state index contributed by atoms with van der Waals surface area (Å²) in [5.41, 5.74) is 0. The molecule has 0 aromatic heterocycles. The zero-order chi connectivity index (χ0) is 12.9. The molecule has 94 valence electrons. The molecular weight excluding hydrogens is 212 g/mol. The summed E-state index contributed by atoms with van der Waals surface area (Å²) in [5.74, 6) is 2.34. The van der Waals surface area contributed by atoms with E-state index in [-0.39, 0.29) is 0 Å². The van der Waals surface area contributed by atoms with E-state index in [1.165, 1.54) is 6.08 Å². The molecule has 0 aliphatic heterocycles. The summed E-state index contributed by atoms with van der Waals surface area (Å²) in [6.07, 6.45) is 17.6. The van der Waals surface area contributed by atoms with Crippen LogP contribution in [0.3, 0.4) is 0 Å². The van der Waals surface area contributed by atoms with Crippen molar-refractivity contribution in [1.82, 2.24) is 0 Å². The number of aliphatic hydroxyl groups excluding tert-OH is 2. The molecule has 2 heteroatoms. The van der Waals surface area contributed by atoms with Crippen LogP contribution in [0.4, 0.5) is 0 Å². The van der Waals surface area contributed by atoms with Crippen molar-refractivity contribution in [3.63, 3.8) is 0 Å². The highest BCUT2D eigenvalue weighted by Crippen LogP contribution is 2.05. The molecule has 0 aromatic carbocycles. The lowest BCUT2D eigenvalue weighted by atomic mass is 10.1. The summed E-state index contributed by atoms with van der Waals surface area (Å²) in [6, 6.07) is 0. The number of hydrogen-bond acceptors (Lipinski definition) is 2. The van der Waals surface area contributed by atoms with Crippen LogP contribution < -0.4 is 0 Å². The maximum Gasteiger partial charge on any atom is 0.0836 e. The van der Waals surface area contributed by atoms with Crippen molar-refractivity contribution >= 4 is 0 Å². The largest absolute Gasteiger partial charge is 0.390 e. The molecule has 0 spiro atoms. The van der Waals surface area contributed by atoms with Gasteiger partial charge in [-0.15, -0.1) is 6.42 Å². The van der Waals surface area contributed by atoms with Gasteiger partial charge in [0, 0.05) is 0 Å². The first-order valence-electron chi connectivity index (χ1n) is 5.99. The van der Waals surface area contributed by atoms with Crippen molar-refractivity contribution in [3.8, 4) is 12.3 Å². The van der Waals surface area contributed by atoms with Crippen LogP contribution >= 0.6 is 0 Å². The lowest BCUT2D eigenvalue weighted by Gasteiger charge is -2.13. The van der Waals surface area contributed by atoms with E-state index >= 15 is 0 Å². The topological polar surface area (TPSA) is 40.5 Å². The molecule has 2 nitrogen and oxygen atoms in total. The second kappa shape index (κ2) is 11.2. The van der Waals surface area contributed by atoms with Crippen molar-refractivity contribution in [2.45, 2.75) is 44.8 Å². The van der Waals surface area contributed by atoms with E-state index in [1.807, 2.05) is 12.2 Å². The molecule has 0 amide bonds. The van der Waals surface area contributed by atoms with Gasteiger partial charge in [0.25, 0.3) is 0 Å². The summed E-state index contributed by atoms with van der Waals surface area (Å²) in [5, 5.41) is 19.2. The second-order valence-corrected chi connectivity index (χ2v) is 3.76. The molecule has 2 atom stereocenters. The number of hydrogen-bond donors (Lipinski definition) is 2. The van der Waals surface area contributed by atoms with Crippen molar-refractivity contribution in [1.29, 1.82) is 0 Å². The maximum absolute atomic E-state index is 9.61. The third-order valence-corrected chi connectivity index (χ3v) is 2.25. The lowest BCUT2D eigenvalue weighted by Crippen LogP contribution is -2.24. The van der Waals surface area contributed by atoms with E-state index in [0.29, 0.717) is 12.8 Å². The Morgan fingerprint density at radius 3 is 2.18 bits per heavy atom. The van der Waals surface area contributed by atoms with Crippen LogP contribution in [0.5, 0.6) is 0 Å². The second-order valence-electron chi connectivity index (χ2n) is 3.76. The van der Waals surface area contributed by atoms with Crippen molar-refractivity contribution < 1.29 is 10.2 Å². The van der Waals surface area contributed by atoms with E-state index in [0.717, 1.165) is 12.8 Å². The number of allylic oxidation sites excluding steroid dienone is 4. The molecule has 0 aliphatic rings. The fraction of sp³-hybridized carbons (Fsp3) is 0.467. The predicted octanol–water partition coefficient (Wildman–Crippen LogP) is 2.59. The molecule has 0 bridgehead atoms. The average Bonchev–Trinajstić information content (AvgIpc) is 2.33. The Morgan fingerprint density at radius 2 is 1.59 bits per heavy atom. The standard InChI is InChI=1S/C15H22O2/c1-3-5-7-8-9-11-13-15(17)14(16)12-10-6-4-2/h2,5-7,9-11,14-17H,3,8,12-13H2,1H3/b7-5+,10-6-,11-9-. The Labute approximate surface area is 104 Å². The van der Waals surface area contributed by atoms with Crippen LogP contribution in [-0.2, 0) is 0 Å². The molecule has 0 aliphatic carbocycles. The van der Waals surface area contributed by atoms with Crippen molar-refractivity contribution in [2.24, 2.45) is 0 Å². The zero-order valence-electron chi connectivity index (χ0n) is 10.4. The molecule has 0 saturated carbocycles. The van der Waals surface area contributed by atoms with E-state index in [9.17, 15) is 10.2 Å². The van der Waals surface area contributed by atoms with Crippen molar-refractivity contribution in [2.75, 3.05) is 0 Å². The van der Waals surface area contributed by atoms with Gasteiger partial charge in [-0.1, -0.05) is 43.2 Å². The zero-order valence-corrected chi connectivity index (χ0v) is 10.4. The summed E-state index contributed by atoms with van der Waals surface area (Å²) in [6.45, 7) is 2.09. The Bertz CT molecular complexity index is 295. The quantitative estimate of drug-likeness (QED) is 0.500. The lowest BCUT2D eigenvalue weighted by molar-refractivity contribution is 0.0238. The van der Waals surface area contributed by atoms with Gasteiger partial charge in [0.2, 0.25) is 0 Å². The Balaban J connectivity index is 3.77. The van der Waals surface area contributed by atoms with Crippen LogP contribution in [0.25, 0.3) is 0 Å². The minimum absolute atomic E-state index is 0.384. The first-order chi connectivity index (χ1) is 8.22. The minimum atomic E-state index is -0.754. The maximum atomic E-state index is 9.61. The van der Waals surface area contributed by atoms with E-state index in [1.54, 1.807) is 6.08 Å². The van der Waals surface area contributed by atoms with Crippen LogP contribution in [-0.4, -0.2) is 22.4 Å². The smallest absolute Gasteiger partial charge is 0.0836 e. The fourth-order valence-corrected chi connectivity index (χ4v) is 1.26. The molecule has 0 heterocycles. The van der Waals surface area contributed by atoms with Gasteiger partial charge in [-0.25, -0.2) is 0 Å². The van der Waals surface area contributed by atoms with Gasteiger partial charge in [-0.3, -0.25) is 0 Å².